The van der Waals surface area contributed by atoms with E-state index >= 15 is 0 Å². The van der Waals surface area contributed by atoms with Crippen LogP contribution in [0.3, 0.4) is 0 Å². The van der Waals surface area contributed by atoms with Crippen LogP contribution in [0.4, 0.5) is 25.1 Å². The average Bonchev–Trinajstić information content (AvgIpc) is 3.61. The van der Waals surface area contributed by atoms with Gasteiger partial charge in [-0.15, -0.1) is 0 Å². The third-order valence-corrected chi connectivity index (χ3v) is 7.38. The number of rotatable bonds is 7. The first-order chi connectivity index (χ1) is 18.7. The Morgan fingerprint density at radius 1 is 1.21 bits per heavy atom. The summed E-state index contributed by atoms with van der Waals surface area (Å²) in [6, 6.07) is 3.14. The van der Waals surface area contributed by atoms with E-state index < -0.39 is 29.8 Å². The van der Waals surface area contributed by atoms with Crippen LogP contribution in [-0.4, -0.2) is 76.2 Å². The smallest absolute Gasteiger partial charge is 0.324 e. The van der Waals surface area contributed by atoms with Crippen LogP contribution in [0.5, 0.6) is 0 Å². The van der Waals surface area contributed by atoms with Gasteiger partial charge in [0, 0.05) is 63.6 Å². The summed E-state index contributed by atoms with van der Waals surface area (Å²) < 4.78 is 46.9. The Hall–Kier alpha value is -4.00. The summed E-state index contributed by atoms with van der Waals surface area (Å²) in [4.78, 5) is 31.3. The van der Waals surface area contributed by atoms with Gasteiger partial charge in [0.05, 0.1) is 5.56 Å². The predicted molar refractivity (Wildman–Crippen MR) is 137 cm³/mol. The number of anilines is 2. The van der Waals surface area contributed by atoms with Gasteiger partial charge in [-0.3, -0.25) is 4.79 Å². The SMILES string of the molecule is C=CC(F)c1noc(N2CCC(N(C)C(=O)c3cnc(N4CC(N)C(c5cc(F)ccc5F)C4)nc3)CC2)n1. The van der Waals surface area contributed by atoms with Crippen LogP contribution in [0.1, 0.15) is 46.7 Å². The number of carbonyl (C=O) groups is 1. The molecule has 3 atom stereocenters. The Balaban J connectivity index is 1.18. The van der Waals surface area contributed by atoms with E-state index in [1.165, 1.54) is 18.5 Å². The van der Waals surface area contributed by atoms with Gasteiger partial charge < -0.3 is 25.0 Å². The number of alkyl halides is 1. The standard InChI is InChI=1S/C26H29F3N8O2/c1-3-20(28)23-33-26(39-34-23)36-8-6-17(7-9-36)35(2)24(38)15-11-31-25(32-12-15)37-13-19(22(30)14-37)18-10-16(27)4-5-21(18)29/h3-5,10-12,17,19-20,22H,1,6-9,13-14,30H2,2H3. The number of hydrogen-bond acceptors (Lipinski definition) is 9. The number of carbonyl (C=O) groups excluding carboxylic acids is 1. The molecule has 2 aromatic heterocycles. The number of piperidine rings is 1. The minimum absolute atomic E-state index is 0.0311. The van der Waals surface area contributed by atoms with Crippen molar-refractivity contribution in [2.45, 2.75) is 37.0 Å². The van der Waals surface area contributed by atoms with Gasteiger partial charge in [0.1, 0.15) is 11.6 Å². The van der Waals surface area contributed by atoms with Crippen molar-refractivity contribution < 1.29 is 22.5 Å². The van der Waals surface area contributed by atoms with Gasteiger partial charge in [-0.05, 0) is 36.6 Å². The van der Waals surface area contributed by atoms with Crippen LogP contribution < -0.4 is 15.5 Å². The maximum Gasteiger partial charge on any atom is 0.324 e. The van der Waals surface area contributed by atoms with E-state index in [4.69, 9.17) is 10.3 Å². The number of halogens is 3. The van der Waals surface area contributed by atoms with Gasteiger partial charge in [0.2, 0.25) is 11.8 Å². The number of hydrogen-bond donors (Lipinski definition) is 1. The monoisotopic (exact) mass is 542 g/mol. The fourth-order valence-electron chi connectivity index (χ4n) is 5.10. The molecule has 5 rings (SSSR count). The van der Waals surface area contributed by atoms with Gasteiger partial charge in [-0.1, -0.05) is 17.8 Å². The molecule has 2 N–H and O–H groups in total. The molecule has 2 aliphatic heterocycles. The average molecular weight is 543 g/mol. The molecule has 13 heteroatoms. The van der Waals surface area contributed by atoms with E-state index in [9.17, 15) is 18.0 Å². The molecule has 2 fully saturated rings. The zero-order valence-electron chi connectivity index (χ0n) is 21.4. The summed E-state index contributed by atoms with van der Waals surface area (Å²) in [5.41, 5.74) is 6.80. The van der Waals surface area contributed by atoms with E-state index in [0.717, 1.165) is 18.2 Å². The first-order valence-electron chi connectivity index (χ1n) is 12.6. The van der Waals surface area contributed by atoms with Crippen molar-refractivity contribution in [2.24, 2.45) is 5.73 Å². The molecule has 206 valence electrons. The van der Waals surface area contributed by atoms with Crippen molar-refractivity contribution in [1.29, 1.82) is 0 Å². The number of aromatic nitrogens is 4. The lowest BCUT2D eigenvalue weighted by Crippen LogP contribution is -2.45. The minimum atomic E-state index is -1.49. The second-order valence-electron chi connectivity index (χ2n) is 9.82. The fourth-order valence-corrected chi connectivity index (χ4v) is 5.10. The van der Waals surface area contributed by atoms with Gasteiger partial charge in [-0.2, -0.15) is 4.98 Å². The summed E-state index contributed by atoms with van der Waals surface area (Å²) in [6.45, 7) is 5.21. The van der Waals surface area contributed by atoms with Gasteiger partial charge in [-0.25, -0.2) is 23.1 Å². The van der Waals surface area contributed by atoms with Crippen molar-refractivity contribution in [3.05, 3.63) is 71.8 Å². The Labute approximate surface area is 223 Å². The second kappa shape index (κ2) is 11.0. The van der Waals surface area contributed by atoms with Gasteiger partial charge in [0.15, 0.2) is 6.17 Å². The molecule has 2 saturated heterocycles. The van der Waals surface area contributed by atoms with Crippen molar-refractivity contribution in [3.8, 4) is 0 Å². The van der Waals surface area contributed by atoms with E-state index in [2.05, 4.69) is 26.7 Å². The topological polar surface area (TPSA) is 118 Å². The lowest BCUT2D eigenvalue weighted by molar-refractivity contribution is 0.0707. The van der Waals surface area contributed by atoms with E-state index in [1.54, 1.807) is 16.8 Å². The highest BCUT2D eigenvalue weighted by Crippen LogP contribution is 2.31. The number of nitrogens with zero attached hydrogens (tertiary/aromatic N) is 7. The lowest BCUT2D eigenvalue weighted by Gasteiger charge is -2.35. The Bertz CT molecular complexity index is 1330. The maximum absolute atomic E-state index is 14.3. The number of benzene rings is 1. The third kappa shape index (κ3) is 5.44. The molecule has 0 spiro atoms. The molecule has 0 radical (unpaired) electrons. The zero-order valence-corrected chi connectivity index (χ0v) is 21.4. The molecule has 0 saturated carbocycles. The fraction of sp³-hybridized carbons (Fsp3) is 0.423. The van der Waals surface area contributed by atoms with Crippen LogP contribution in [0, 0.1) is 11.6 Å². The van der Waals surface area contributed by atoms with E-state index in [1.807, 2.05) is 4.90 Å². The normalized spacial score (nSPS) is 20.7. The molecule has 1 amide bonds. The molecular weight excluding hydrogens is 513 g/mol. The molecule has 1 aromatic carbocycles. The quantitative estimate of drug-likeness (QED) is 0.450. The molecule has 10 nitrogen and oxygen atoms in total. The molecule has 3 aromatic rings. The first-order valence-corrected chi connectivity index (χ1v) is 12.6. The van der Waals surface area contributed by atoms with Crippen molar-refractivity contribution in [1.82, 2.24) is 25.0 Å². The van der Waals surface area contributed by atoms with Gasteiger partial charge in [0.25, 0.3) is 5.91 Å². The second-order valence-corrected chi connectivity index (χ2v) is 9.82. The summed E-state index contributed by atoms with van der Waals surface area (Å²) in [5, 5.41) is 3.66. The molecule has 3 unspecified atom stereocenters. The molecule has 0 bridgehead atoms. The van der Waals surface area contributed by atoms with Crippen LogP contribution >= 0.6 is 0 Å². The highest BCUT2D eigenvalue weighted by molar-refractivity contribution is 5.93. The van der Waals surface area contributed by atoms with Crippen LogP contribution in [0.25, 0.3) is 0 Å². The Morgan fingerprint density at radius 3 is 2.62 bits per heavy atom. The summed E-state index contributed by atoms with van der Waals surface area (Å²) in [5.74, 6) is -1.36. The number of nitrogens with two attached hydrogens (primary N) is 1. The van der Waals surface area contributed by atoms with Crippen molar-refractivity contribution in [2.75, 3.05) is 43.0 Å². The summed E-state index contributed by atoms with van der Waals surface area (Å²) in [7, 11) is 1.73. The van der Waals surface area contributed by atoms with Gasteiger partial charge >= 0.3 is 6.01 Å². The predicted octanol–water partition coefficient (Wildman–Crippen LogP) is 3.01. The molecule has 39 heavy (non-hydrogen) atoms. The minimum Gasteiger partial charge on any atom is -0.339 e. The molecule has 4 heterocycles. The summed E-state index contributed by atoms with van der Waals surface area (Å²) >= 11 is 0. The Kier molecular flexibility index (Phi) is 7.51. The Morgan fingerprint density at radius 2 is 1.92 bits per heavy atom. The highest BCUT2D eigenvalue weighted by Gasteiger charge is 2.35. The number of allylic oxidation sites excluding steroid dienone is 1. The summed E-state index contributed by atoms with van der Waals surface area (Å²) in [6.07, 6.45) is 3.85. The van der Waals surface area contributed by atoms with Crippen molar-refractivity contribution >= 4 is 17.9 Å². The molecule has 2 aliphatic rings. The van der Waals surface area contributed by atoms with Crippen molar-refractivity contribution in [3.63, 3.8) is 0 Å². The third-order valence-electron chi connectivity index (χ3n) is 7.38. The molecule has 0 aliphatic carbocycles. The maximum atomic E-state index is 14.3. The number of amides is 1. The zero-order chi connectivity index (χ0) is 27.7. The lowest BCUT2D eigenvalue weighted by atomic mass is 9.94. The highest BCUT2D eigenvalue weighted by atomic mass is 19.1. The van der Waals surface area contributed by atoms with E-state index in [0.29, 0.717) is 50.5 Å². The van der Waals surface area contributed by atoms with Crippen LogP contribution in [0.15, 0.2) is 47.8 Å². The largest absolute Gasteiger partial charge is 0.339 e. The van der Waals surface area contributed by atoms with E-state index in [-0.39, 0.29) is 29.4 Å². The molecular formula is C26H29F3N8O2. The van der Waals surface area contributed by atoms with Crippen LogP contribution in [0.2, 0.25) is 0 Å². The first kappa shape index (κ1) is 26.6. The van der Waals surface area contributed by atoms with Crippen LogP contribution in [-0.2, 0) is 0 Å².